The summed E-state index contributed by atoms with van der Waals surface area (Å²) < 4.78 is 95.8. The maximum atomic E-state index is 12.4. The Morgan fingerprint density at radius 1 is 0.621 bits per heavy atom. The zero-order chi connectivity index (χ0) is 21.4. The molecule has 0 radical (unpaired) electrons. The average Bonchev–Trinajstić information content (AvgIpc) is 2.63. The van der Waals surface area contributed by atoms with Crippen molar-refractivity contribution in [1.82, 2.24) is 0 Å². The van der Waals surface area contributed by atoms with Gasteiger partial charge in [-0.15, -0.1) is 4.33 Å². The Balaban J connectivity index is 2.55. The van der Waals surface area contributed by atoms with Crippen molar-refractivity contribution < 1.29 is 43.9 Å². The van der Waals surface area contributed by atoms with Gasteiger partial charge in [0.2, 0.25) is 0 Å². The van der Waals surface area contributed by atoms with Gasteiger partial charge in [0, 0.05) is 16.2 Å². The van der Waals surface area contributed by atoms with Crippen LogP contribution in [0, 0.1) is 0 Å². The summed E-state index contributed by atoms with van der Waals surface area (Å²) in [5.41, 5.74) is 0. The lowest BCUT2D eigenvalue weighted by molar-refractivity contribution is -0.130. The molecule has 10 nitrogen and oxygen atoms in total. The highest BCUT2D eigenvalue weighted by Crippen LogP contribution is 2.44. The van der Waals surface area contributed by atoms with Gasteiger partial charge in [-0.1, -0.05) is 42.5 Å². The summed E-state index contributed by atoms with van der Waals surface area (Å²) >= 11 is 0. The minimum Gasteiger partial charge on any atom is -0.282 e. The molecule has 3 N–H and O–H groups in total. The molecule has 4 aromatic rings. The van der Waals surface area contributed by atoms with E-state index in [0.717, 1.165) is 0 Å². The molecular formula is C16H10O10S3. The van der Waals surface area contributed by atoms with Crippen molar-refractivity contribution in [3.8, 4) is 0 Å². The molecule has 0 aliphatic carbocycles. The van der Waals surface area contributed by atoms with Gasteiger partial charge in [-0.3, -0.25) is 9.11 Å². The Morgan fingerprint density at radius 3 is 1.55 bits per heavy atom. The minimum atomic E-state index is -5.54. The van der Waals surface area contributed by atoms with E-state index in [-0.39, 0.29) is 16.2 Å². The summed E-state index contributed by atoms with van der Waals surface area (Å²) in [6.45, 7) is 0. The van der Waals surface area contributed by atoms with Gasteiger partial charge < -0.3 is 0 Å². The van der Waals surface area contributed by atoms with Crippen molar-refractivity contribution in [2.75, 3.05) is 0 Å². The van der Waals surface area contributed by atoms with Crippen molar-refractivity contribution in [3.63, 3.8) is 0 Å². The molecular weight excluding hydrogens is 448 g/mol. The van der Waals surface area contributed by atoms with E-state index in [1.807, 2.05) is 0 Å². The van der Waals surface area contributed by atoms with Gasteiger partial charge in [0.25, 0.3) is 20.2 Å². The predicted molar refractivity (Wildman–Crippen MR) is 101 cm³/mol. The van der Waals surface area contributed by atoms with E-state index in [2.05, 4.69) is 4.33 Å². The SMILES string of the molecule is O=S(=O)(O)c1c(S(=O)(=O)O)c2ccc3cccc4ccc(c1S(=O)(=O)OO)c2c34. The highest BCUT2D eigenvalue weighted by Gasteiger charge is 2.38. The highest BCUT2D eigenvalue weighted by atomic mass is 32.2. The second-order valence-corrected chi connectivity index (χ2v) is 10.3. The average molecular weight is 458 g/mol. The van der Waals surface area contributed by atoms with E-state index >= 15 is 0 Å². The molecule has 0 aliphatic heterocycles. The molecule has 152 valence electrons. The monoisotopic (exact) mass is 458 g/mol. The fourth-order valence-corrected chi connectivity index (χ4v) is 7.22. The molecule has 4 aromatic carbocycles. The summed E-state index contributed by atoms with van der Waals surface area (Å²) in [5.74, 6) is 0. The van der Waals surface area contributed by atoms with Gasteiger partial charge in [0.15, 0.2) is 0 Å². The molecule has 0 fully saturated rings. The number of hydrogen-bond donors (Lipinski definition) is 3. The first-order valence-electron chi connectivity index (χ1n) is 7.64. The number of benzene rings is 4. The van der Waals surface area contributed by atoms with Crippen molar-refractivity contribution in [2.45, 2.75) is 14.7 Å². The van der Waals surface area contributed by atoms with Crippen LogP contribution >= 0.6 is 0 Å². The van der Waals surface area contributed by atoms with E-state index in [0.29, 0.717) is 16.2 Å². The molecule has 0 heterocycles. The molecule has 0 amide bonds. The molecule has 4 rings (SSSR count). The fourth-order valence-electron chi connectivity index (χ4n) is 3.58. The van der Waals surface area contributed by atoms with Crippen LogP contribution in [0.2, 0.25) is 0 Å². The lowest BCUT2D eigenvalue weighted by Crippen LogP contribution is -2.17. The standard InChI is InChI=1S/C16H10O10S3/c17-26-29(24,25)15-11-7-5-9-3-1-2-8-4-6-10(13(11)12(8)9)14(27(18,19)20)16(15)28(21,22)23/h1-7,17H,(H,18,19,20)(H,21,22,23). The third-order valence-corrected chi connectivity index (χ3v) is 7.79. The van der Waals surface area contributed by atoms with Crippen molar-refractivity contribution in [1.29, 1.82) is 0 Å². The molecule has 0 atom stereocenters. The third-order valence-electron chi connectivity index (χ3n) is 4.54. The van der Waals surface area contributed by atoms with E-state index < -0.39 is 45.0 Å². The van der Waals surface area contributed by atoms with Gasteiger partial charge in [-0.05, 0) is 16.2 Å². The molecule has 0 unspecified atom stereocenters. The maximum Gasteiger partial charge on any atom is 0.325 e. The second kappa shape index (κ2) is 6.06. The summed E-state index contributed by atoms with van der Waals surface area (Å²) in [6.07, 6.45) is 0. The van der Waals surface area contributed by atoms with Crippen molar-refractivity contribution in [3.05, 3.63) is 42.5 Å². The first-order chi connectivity index (χ1) is 13.4. The summed E-state index contributed by atoms with van der Waals surface area (Å²) in [7, 11) is -16.2. The number of hydrogen-bond acceptors (Lipinski definition) is 8. The van der Waals surface area contributed by atoms with E-state index in [9.17, 15) is 34.4 Å². The van der Waals surface area contributed by atoms with Crippen LogP contribution in [-0.2, 0) is 34.7 Å². The highest BCUT2D eigenvalue weighted by molar-refractivity contribution is 7.91. The van der Waals surface area contributed by atoms with Crippen LogP contribution in [0.15, 0.2) is 57.2 Å². The van der Waals surface area contributed by atoms with E-state index in [1.54, 1.807) is 18.2 Å². The quantitative estimate of drug-likeness (QED) is 0.178. The zero-order valence-electron chi connectivity index (χ0n) is 14.0. The van der Waals surface area contributed by atoms with Crippen molar-refractivity contribution in [2.24, 2.45) is 0 Å². The molecule has 0 aromatic heterocycles. The summed E-state index contributed by atoms with van der Waals surface area (Å²) in [4.78, 5) is -4.29. The summed E-state index contributed by atoms with van der Waals surface area (Å²) in [6, 6.07) is 10.3. The van der Waals surface area contributed by atoms with Gasteiger partial charge >= 0.3 is 10.1 Å². The molecule has 0 aliphatic rings. The Kier molecular flexibility index (Phi) is 4.16. The van der Waals surface area contributed by atoms with Crippen LogP contribution in [-0.4, -0.2) is 39.6 Å². The fraction of sp³-hybridized carbons (Fsp3) is 0. The number of rotatable bonds is 4. The van der Waals surface area contributed by atoms with Crippen LogP contribution in [0.4, 0.5) is 0 Å². The maximum absolute atomic E-state index is 12.4. The first kappa shape index (κ1) is 19.9. The lowest BCUT2D eigenvalue weighted by atomic mass is 9.94. The predicted octanol–water partition coefficient (Wildman–Crippen LogP) is 2.26. The molecule has 29 heavy (non-hydrogen) atoms. The van der Waals surface area contributed by atoms with E-state index in [4.69, 9.17) is 5.26 Å². The van der Waals surface area contributed by atoms with E-state index in [1.165, 1.54) is 24.3 Å². The molecule has 13 heteroatoms. The zero-order valence-corrected chi connectivity index (χ0v) is 16.4. The van der Waals surface area contributed by atoms with Gasteiger partial charge in [-0.2, -0.15) is 25.3 Å². The van der Waals surface area contributed by atoms with Crippen LogP contribution in [0.5, 0.6) is 0 Å². The molecule has 0 saturated carbocycles. The lowest BCUT2D eigenvalue weighted by Gasteiger charge is -2.18. The summed E-state index contributed by atoms with van der Waals surface area (Å²) in [5, 5.41) is 9.67. The Labute approximate surface area is 163 Å². The third kappa shape index (κ3) is 2.86. The first-order valence-corrected chi connectivity index (χ1v) is 11.9. The Bertz CT molecular complexity index is 1620. The van der Waals surface area contributed by atoms with Crippen LogP contribution in [0.1, 0.15) is 0 Å². The normalized spacial score (nSPS) is 13.6. The smallest absolute Gasteiger partial charge is 0.282 e. The van der Waals surface area contributed by atoms with Gasteiger partial charge in [0.1, 0.15) is 14.7 Å². The minimum absolute atomic E-state index is 0.0174. The molecule has 0 saturated heterocycles. The Hall–Kier alpha value is -2.39. The molecule has 0 bridgehead atoms. The van der Waals surface area contributed by atoms with Gasteiger partial charge in [-0.25, -0.2) is 5.26 Å². The van der Waals surface area contributed by atoms with Crippen LogP contribution < -0.4 is 0 Å². The largest absolute Gasteiger partial charge is 0.325 e. The van der Waals surface area contributed by atoms with Crippen LogP contribution in [0.3, 0.4) is 0 Å². The Morgan fingerprint density at radius 2 is 1.10 bits per heavy atom. The second-order valence-electron chi connectivity index (χ2n) is 6.15. The van der Waals surface area contributed by atoms with Gasteiger partial charge in [0.05, 0.1) is 0 Å². The van der Waals surface area contributed by atoms with Crippen LogP contribution in [0.25, 0.3) is 32.3 Å². The van der Waals surface area contributed by atoms with Crippen molar-refractivity contribution >= 4 is 62.7 Å². The topological polar surface area (TPSA) is 172 Å². The molecule has 0 spiro atoms.